The normalized spacial score (nSPS) is 19.3. The standard InChI is InChI=1S/C44H56N6O7/c1-31-28-33(29-32(2)41(31)52)30-39(57-44(55)49-21-15-36(16-22-49)50-23-12-34-8-6-7-11-38(34)45-43(50)54)42(53)48-26-24-47(25-27-48)35-13-18-46(19-14-35)20-17-40(51)56-37-9-4-3-5-10-37/h3-11,28-29,35-36,39,52H,12-27,30H2,1-2H3,(H,45,54)/t39-/m1/s1. The first-order valence-electron chi connectivity index (χ1n) is 20.5. The number of ether oxygens (including phenoxy) is 2. The van der Waals surface area contributed by atoms with E-state index in [0.29, 0.717) is 81.4 Å². The summed E-state index contributed by atoms with van der Waals surface area (Å²) < 4.78 is 11.5. The number of benzene rings is 3. The third-order valence-corrected chi connectivity index (χ3v) is 12.1. The quantitative estimate of drug-likeness (QED) is 0.210. The number of amides is 4. The molecule has 4 amide bonds. The molecule has 0 aliphatic carbocycles. The molecule has 4 heterocycles. The van der Waals surface area contributed by atoms with Crippen LogP contribution in [0.3, 0.4) is 0 Å². The van der Waals surface area contributed by atoms with Gasteiger partial charge in [-0.3, -0.25) is 14.5 Å². The number of carbonyl (C=O) groups is 4. The topological polar surface area (TPSA) is 135 Å². The van der Waals surface area contributed by atoms with Crippen molar-refractivity contribution in [2.24, 2.45) is 0 Å². The molecule has 3 saturated heterocycles. The number of hydrogen-bond donors (Lipinski definition) is 2. The SMILES string of the molecule is Cc1cc(C[C@@H](OC(=O)N2CCC(N3CCc4ccccc4NC3=O)CC2)C(=O)N2CCN(C3CCN(CCC(=O)Oc4ccccc4)CC3)CC2)cc(C)c1O. The molecule has 4 aliphatic heterocycles. The molecule has 57 heavy (non-hydrogen) atoms. The number of aryl methyl sites for hydroxylation is 2. The van der Waals surface area contributed by atoms with Crippen LogP contribution in [0.5, 0.6) is 11.5 Å². The second-order valence-electron chi connectivity index (χ2n) is 15.9. The van der Waals surface area contributed by atoms with Crippen molar-refractivity contribution >= 4 is 29.7 Å². The summed E-state index contributed by atoms with van der Waals surface area (Å²) in [6, 6.07) is 21.0. The molecular weight excluding hydrogens is 725 g/mol. The van der Waals surface area contributed by atoms with Gasteiger partial charge in [0, 0.05) is 76.5 Å². The fourth-order valence-corrected chi connectivity index (χ4v) is 8.79. The van der Waals surface area contributed by atoms with Gasteiger partial charge in [-0.05, 0) is 99.5 Å². The molecule has 0 saturated carbocycles. The zero-order valence-electron chi connectivity index (χ0n) is 33.2. The number of nitrogens with one attached hydrogen (secondary N) is 1. The van der Waals surface area contributed by atoms with Crippen molar-refractivity contribution in [3.8, 4) is 11.5 Å². The van der Waals surface area contributed by atoms with Crippen molar-refractivity contribution in [3.63, 3.8) is 0 Å². The zero-order valence-corrected chi connectivity index (χ0v) is 33.2. The Morgan fingerprint density at radius 2 is 1.44 bits per heavy atom. The van der Waals surface area contributed by atoms with E-state index in [1.54, 1.807) is 17.0 Å². The van der Waals surface area contributed by atoms with Gasteiger partial charge in [0.05, 0.1) is 6.42 Å². The fourth-order valence-electron chi connectivity index (χ4n) is 8.79. The molecule has 13 heteroatoms. The number of phenols is 1. The number of fused-ring (bicyclic) bond motifs is 1. The number of rotatable bonds is 10. The van der Waals surface area contributed by atoms with Crippen molar-refractivity contribution in [2.45, 2.75) is 77.0 Å². The van der Waals surface area contributed by atoms with Gasteiger partial charge in [-0.25, -0.2) is 9.59 Å². The Hall–Kier alpha value is -5.14. The van der Waals surface area contributed by atoms with E-state index >= 15 is 0 Å². The molecule has 3 aromatic carbocycles. The summed E-state index contributed by atoms with van der Waals surface area (Å²) in [5.74, 6) is 0.353. The van der Waals surface area contributed by atoms with Crippen molar-refractivity contribution in [3.05, 3.63) is 89.0 Å². The second kappa shape index (κ2) is 18.4. The number of phenolic OH excluding ortho intramolecular Hbond substituents is 1. The van der Waals surface area contributed by atoms with Gasteiger partial charge in [0.25, 0.3) is 5.91 Å². The Kier molecular flexibility index (Phi) is 12.9. The van der Waals surface area contributed by atoms with E-state index in [-0.39, 0.29) is 36.1 Å². The molecule has 1 atom stereocenters. The van der Waals surface area contributed by atoms with Crippen LogP contribution in [0.15, 0.2) is 66.7 Å². The maximum Gasteiger partial charge on any atom is 0.410 e. The first-order valence-corrected chi connectivity index (χ1v) is 20.5. The number of piperazine rings is 1. The summed E-state index contributed by atoms with van der Waals surface area (Å²) in [7, 11) is 0. The first kappa shape index (κ1) is 40.1. The summed E-state index contributed by atoms with van der Waals surface area (Å²) in [6.07, 6.45) is 3.01. The van der Waals surface area contributed by atoms with Gasteiger partial charge in [-0.15, -0.1) is 0 Å². The van der Waals surface area contributed by atoms with Gasteiger partial charge >= 0.3 is 18.1 Å². The molecule has 304 valence electrons. The van der Waals surface area contributed by atoms with E-state index in [9.17, 15) is 24.3 Å². The number of para-hydroxylation sites is 2. The maximum absolute atomic E-state index is 14.2. The highest BCUT2D eigenvalue weighted by Gasteiger charge is 2.36. The Bertz CT molecular complexity index is 1860. The minimum absolute atomic E-state index is 0.00370. The van der Waals surface area contributed by atoms with Gasteiger partial charge in [0.15, 0.2) is 6.10 Å². The van der Waals surface area contributed by atoms with Crippen LogP contribution in [0.4, 0.5) is 15.3 Å². The highest BCUT2D eigenvalue weighted by Crippen LogP contribution is 2.27. The molecule has 2 N–H and O–H groups in total. The Balaban J connectivity index is 0.908. The lowest BCUT2D eigenvalue weighted by Crippen LogP contribution is -2.56. The van der Waals surface area contributed by atoms with E-state index in [4.69, 9.17) is 9.47 Å². The lowest BCUT2D eigenvalue weighted by molar-refractivity contribution is -0.143. The zero-order chi connectivity index (χ0) is 39.9. The monoisotopic (exact) mass is 780 g/mol. The van der Waals surface area contributed by atoms with Crippen LogP contribution >= 0.6 is 0 Å². The highest BCUT2D eigenvalue weighted by atomic mass is 16.6. The van der Waals surface area contributed by atoms with Gasteiger partial charge in [0.2, 0.25) is 0 Å². The Morgan fingerprint density at radius 1 is 0.789 bits per heavy atom. The van der Waals surface area contributed by atoms with Crippen LogP contribution in [0, 0.1) is 13.8 Å². The largest absolute Gasteiger partial charge is 0.507 e. The van der Waals surface area contributed by atoms with Gasteiger partial charge in [-0.2, -0.15) is 0 Å². The Morgan fingerprint density at radius 3 is 2.14 bits per heavy atom. The maximum atomic E-state index is 14.2. The number of hydrogen-bond acceptors (Lipinski definition) is 9. The number of carbonyl (C=O) groups excluding carboxylic acids is 4. The lowest BCUT2D eigenvalue weighted by Gasteiger charge is -2.43. The van der Waals surface area contributed by atoms with Crippen molar-refractivity contribution < 1.29 is 33.8 Å². The molecule has 0 bridgehead atoms. The number of aromatic hydroxyl groups is 1. The average molecular weight is 781 g/mol. The molecule has 7 rings (SSSR count). The average Bonchev–Trinajstić information content (AvgIpc) is 3.40. The van der Waals surface area contributed by atoms with Gasteiger partial charge < -0.3 is 39.5 Å². The summed E-state index contributed by atoms with van der Waals surface area (Å²) in [5.41, 5.74) is 4.19. The smallest absolute Gasteiger partial charge is 0.410 e. The third kappa shape index (κ3) is 10.1. The molecule has 0 aromatic heterocycles. The predicted octanol–water partition coefficient (Wildman–Crippen LogP) is 5.22. The van der Waals surface area contributed by atoms with Gasteiger partial charge in [0.1, 0.15) is 11.5 Å². The van der Waals surface area contributed by atoms with Gasteiger partial charge in [-0.1, -0.05) is 48.5 Å². The second-order valence-corrected chi connectivity index (χ2v) is 15.9. The van der Waals surface area contributed by atoms with Crippen LogP contribution in [-0.4, -0.2) is 137 Å². The van der Waals surface area contributed by atoms with E-state index in [1.807, 2.05) is 78.2 Å². The number of urea groups is 1. The Labute approximate surface area is 335 Å². The lowest BCUT2D eigenvalue weighted by atomic mass is 10.00. The predicted molar refractivity (Wildman–Crippen MR) is 216 cm³/mol. The van der Waals surface area contributed by atoms with Crippen molar-refractivity contribution in [2.75, 3.05) is 70.8 Å². The molecular formula is C44H56N6O7. The van der Waals surface area contributed by atoms with E-state index in [2.05, 4.69) is 15.1 Å². The van der Waals surface area contributed by atoms with E-state index < -0.39 is 12.2 Å². The van der Waals surface area contributed by atoms with Crippen LogP contribution in [0.1, 0.15) is 54.4 Å². The van der Waals surface area contributed by atoms with E-state index in [0.717, 1.165) is 62.3 Å². The number of likely N-dealkylation sites (tertiary alicyclic amines) is 2. The summed E-state index contributed by atoms with van der Waals surface area (Å²) >= 11 is 0. The highest BCUT2D eigenvalue weighted by molar-refractivity contribution is 5.91. The number of piperidine rings is 2. The summed E-state index contributed by atoms with van der Waals surface area (Å²) in [5, 5.41) is 13.5. The molecule has 0 unspecified atom stereocenters. The first-order chi connectivity index (χ1) is 27.6. The van der Waals surface area contributed by atoms with E-state index in [1.165, 1.54) is 0 Å². The van der Waals surface area contributed by atoms with Crippen LogP contribution in [0.2, 0.25) is 0 Å². The summed E-state index contributed by atoms with van der Waals surface area (Å²) in [6.45, 7) is 10.1. The molecule has 13 nitrogen and oxygen atoms in total. The number of anilines is 1. The number of nitrogens with zero attached hydrogens (tertiary/aromatic N) is 5. The molecule has 3 aromatic rings. The molecule has 3 fully saturated rings. The minimum Gasteiger partial charge on any atom is -0.507 e. The van der Waals surface area contributed by atoms with Crippen LogP contribution in [0.25, 0.3) is 0 Å². The third-order valence-electron chi connectivity index (χ3n) is 12.1. The van der Waals surface area contributed by atoms with Crippen LogP contribution < -0.4 is 10.1 Å². The molecule has 0 radical (unpaired) electrons. The van der Waals surface area contributed by atoms with Crippen molar-refractivity contribution in [1.29, 1.82) is 0 Å². The minimum atomic E-state index is -1.02. The van der Waals surface area contributed by atoms with Crippen molar-refractivity contribution in [1.82, 2.24) is 24.5 Å². The molecule has 4 aliphatic rings. The fraction of sp³-hybridized carbons (Fsp3) is 0.500. The molecule has 0 spiro atoms. The number of esters is 1. The van der Waals surface area contributed by atoms with Crippen LogP contribution in [-0.2, 0) is 27.2 Å². The summed E-state index contributed by atoms with van der Waals surface area (Å²) in [4.78, 5) is 63.6.